The average molecular weight is 547 g/mol. The summed E-state index contributed by atoms with van der Waals surface area (Å²) >= 11 is 0. The van der Waals surface area contributed by atoms with Crippen molar-refractivity contribution in [1.82, 2.24) is 15.5 Å². The summed E-state index contributed by atoms with van der Waals surface area (Å²) in [5.41, 5.74) is 7.28. The maximum absolute atomic E-state index is 14.1. The fraction of sp³-hybridized carbons (Fsp3) is 0.667. The molecule has 9 nitrogen and oxygen atoms in total. The number of unbranched alkanes of at least 4 members (excludes halogenated alkanes) is 4. The minimum atomic E-state index is -1.09. The van der Waals surface area contributed by atoms with Crippen molar-refractivity contribution in [3.8, 4) is 0 Å². The molecule has 0 aromatic heterocycles. The summed E-state index contributed by atoms with van der Waals surface area (Å²) in [6.07, 6.45) is 4.45. The van der Waals surface area contributed by atoms with Crippen LogP contribution in [0.25, 0.3) is 0 Å². The summed E-state index contributed by atoms with van der Waals surface area (Å²) in [5, 5.41) is 5.66. The van der Waals surface area contributed by atoms with E-state index in [1.165, 1.54) is 0 Å². The lowest BCUT2D eigenvalue weighted by Crippen LogP contribution is -2.53. The smallest absolute Gasteiger partial charge is 0.408 e. The van der Waals surface area contributed by atoms with Crippen LogP contribution in [0.5, 0.6) is 0 Å². The molecule has 4 N–H and O–H groups in total. The van der Waals surface area contributed by atoms with E-state index in [-0.39, 0.29) is 18.7 Å². The van der Waals surface area contributed by atoms with Crippen molar-refractivity contribution in [2.75, 3.05) is 13.1 Å². The Morgan fingerprint density at radius 2 is 1.64 bits per heavy atom. The van der Waals surface area contributed by atoms with Crippen LogP contribution >= 0.6 is 0 Å². The second-order valence-electron chi connectivity index (χ2n) is 11.2. The van der Waals surface area contributed by atoms with E-state index in [9.17, 15) is 19.2 Å². The molecule has 0 spiro atoms. The van der Waals surface area contributed by atoms with Gasteiger partial charge in [0.15, 0.2) is 0 Å². The lowest BCUT2D eigenvalue weighted by molar-refractivity contribution is -0.142. The zero-order chi connectivity index (χ0) is 29.6. The van der Waals surface area contributed by atoms with E-state index in [4.69, 9.17) is 10.5 Å². The van der Waals surface area contributed by atoms with Crippen molar-refractivity contribution in [2.24, 2.45) is 5.73 Å². The first-order chi connectivity index (χ1) is 18.3. The molecular formula is C30H50N4O5. The number of hydrogen-bond donors (Lipinski definition) is 3. The molecule has 220 valence electrons. The van der Waals surface area contributed by atoms with Crippen LogP contribution in [0.4, 0.5) is 4.79 Å². The quantitative estimate of drug-likeness (QED) is 0.256. The van der Waals surface area contributed by atoms with E-state index in [2.05, 4.69) is 24.5 Å². The van der Waals surface area contributed by atoms with E-state index < -0.39 is 35.6 Å². The van der Waals surface area contributed by atoms with Crippen LogP contribution in [0.1, 0.15) is 109 Å². The normalized spacial score (nSPS) is 12.8. The zero-order valence-corrected chi connectivity index (χ0v) is 25.0. The molecule has 0 saturated carbocycles. The SMILES string of the molecule is CCCCCNC(=O)C(c1ccc(C)cc1C)N(CCCCC)C(=O)C(CCC(N)=O)NC(=O)OC(C)(C)C. The highest BCUT2D eigenvalue weighted by molar-refractivity contribution is 5.92. The minimum absolute atomic E-state index is 0.00456. The van der Waals surface area contributed by atoms with Crippen LogP contribution in [0.15, 0.2) is 18.2 Å². The Balaban J connectivity index is 3.51. The van der Waals surface area contributed by atoms with E-state index >= 15 is 0 Å². The van der Waals surface area contributed by atoms with Crippen molar-refractivity contribution in [1.29, 1.82) is 0 Å². The second-order valence-corrected chi connectivity index (χ2v) is 11.2. The van der Waals surface area contributed by atoms with Gasteiger partial charge in [-0.3, -0.25) is 14.4 Å². The number of nitrogens with two attached hydrogens (primary N) is 1. The van der Waals surface area contributed by atoms with Gasteiger partial charge in [0.2, 0.25) is 17.7 Å². The number of rotatable bonds is 16. The number of carbonyl (C=O) groups is 4. The number of hydrogen-bond acceptors (Lipinski definition) is 5. The molecule has 0 fully saturated rings. The van der Waals surface area contributed by atoms with Crippen LogP contribution in [0.2, 0.25) is 0 Å². The largest absolute Gasteiger partial charge is 0.444 e. The van der Waals surface area contributed by atoms with E-state index in [1.807, 2.05) is 32.0 Å². The summed E-state index contributed by atoms with van der Waals surface area (Å²) in [7, 11) is 0. The van der Waals surface area contributed by atoms with Gasteiger partial charge in [-0.05, 0) is 65.0 Å². The van der Waals surface area contributed by atoms with Crippen molar-refractivity contribution in [2.45, 2.75) is 118 Å². The second kappa shape index (κ2) is 16.8. The van der Waals surface area contributed by atoms with Gasteiger partial charge in [-0.15, -0.1) is 0 Å². The van der Waals surface area contributed by atoms with Gasteiger partial charge in [0.1, 0.15) is 17.7 Å². The molecule has 0 aliphatic carbocycles. The Morgan fingerprint density at radius 1 is 1.00 bits per heavy atom. The molecule has 4 amide bonds. The summed E-state index contributed by atoms with van der Waals surface area (Å²) in [6, 6.07) is 3.83. The Hall–Kier alpha value is -3.10. The van der Waals surface area contributed by atoms with Crippen LogP contribution < -0.4 is 16.4 Å². The average Bonchev–Trinajstić information content (AvgIpc) is 2.83. The third-order valence-electron chi connectivity index (χ3n) is 6.31. The van der Waals surface area contributed by atoms with Gasteiger partial charge in [-0.2, -0.15) is 0 Å². The lowest BCUT2D eigenvalue weighted by Gasteiger charge is -2.35. The van der Waals surface area contributed by atoms with Crippen molar-refractivity contribution in [3.63, 3.8) is 0 Å². The lowest BCUT2D eigenvalue weighted by atomic mass is 9.95. The molecule has 1 rings (SSSR count). The van der Waals surface area contributed by atoms with Gasteiger partial charge >= 0.3 is 6.09 Å². The summed E-state index contributed by atoms with van der Waals surface area (Å²) in [4.78, 5) is 53.7. The maximum Gasteiger partial charge on any atom is 0.408 e. The molecule has 2 atom stereocenters. The number of nitrogens with zero attached hydrogens (tertiary/aromatic N) is 1. The predicted molar refractivity (Wildman–Crippen MR) is 154 cm³/mol. The van der Waals surface area contributed by atoms with Crippen LogP contribution in [-0.2, 0) is 19.1 Å². The summed E-state index contributed by atoms with van der Waals surface area (Å²) in [5.74, 6) is -1.31. The molecule has 9 heteroatoms. The molecule has 1 aromatic rings. The van der Waals surface area contributed by atoms with Gasteiger partial charge in [0, 0.05) is 19.5 Å². The molecular weight excluding hydrogens is 496 g/mol. The van der Waals surface area contributed by atoms with E-state index in [0.29, 0.717) is 19.5 Å². The maximum atomic E-state index is 14.1. The fourth-order valence-electron chi connectivity index (χ4n) is 4.36. The van der Waals surface area contributed by atoms with Gasteiger partial charge < -0.3 is 26.0 Å². The minimum Gasteiger partial charge on any atom is -0.444 e. The third-order valence-corrected chi connectivity index (χ3v) is 6.31. The molecule has 0 aliphatic heterocycles. The number of ether oxygens (including phenoxy) is 1. The van der Waals surface area contributed by atoms with E-state index in [1.54, 1.807) is 25.7 Å². The molecule has 0 heterocycles. The highest BCUT2D eigenvalue weighted by Gasteiger charge is 2.36. The number of nitrogens with one attached hydrogen (secondary N) is 2. The highest BCUT2D eigenvalue weighted by atomic mass is 16.6. The Morgan fingerprint density at radius 3 is 2.21 bits per heavy atom. The monoisotopic (exact) mass is 546 g/mol. The Bertz CT molecular complexity index is 957. The molecule has 0 saturated heterocycles. The van der Waals surface area contributed by atoms with Gasteiger partial charge in [0.05, 0.1) is 0 Å². The van der Waals surface area contributed by atoms with Gasteiger partial charge in [0.25, 0.3) is 0 Å². The van der Waals surface area contributed by atoms with Crippen LogP contribution in [-0.4, -0.2) is 53.4 Å². The predicted octanol–water partition coefficient (Wildman–Crippen LogP) is 4.83. The number of amides is 4. The number of benzene rings is 1. The van der Waals surface area contributed by atoms with Crippen LogP contribution in [0, 0.1) is 13.8 Å². The number of carbonyl (C=O) groups excluding carboxylic acids is 4. The van der Waals surface area contributed by atoms with Crippen molar-refractivity contribution < 1.29 is 23.9 Å². The summed E-state index contributed by atoms with van der Waals surface area (Å²) < 4.78 is 5.39. The third kappa shape index (κ3) is 12.5. The standard InChI is InChI=1S/C30H50N4O5/c1-8-10-12-18-32-27(36)26(23-15-14-21(3)20-22(23)4)34(19-13-11-9-2)28(37)24(16-17-25(31)35)33-29(38)39-30(5,6)7/h14-15,20,24,26H,8-13,16-19H2,1-7H3,(H2,31,35)(H,32,36)(H,33,38). The topological polar surface area (TPSA) is 131 Å². The zero-order valence-electron chi connectivity index (χ0n) is 25.0. The molecule has 0 aliphatic rings. The van der Waals surface area contributed by atoms with Gasteiger partial charge in [-0.25, -0.2) is 4.79 Å². The molecule has 39 heavy (non-hydrogen) atoms. The highest BCUT2D eigenvalue weighted by Crippen LogP contribution is 2.27. The fourth-order valence-corrected chi connectivity index (χ4v) is 4.36. The number of alkyl carbamates (subject to hydrolysis) is 1. The van der Waals surface area contributed by atoms with E-state index in [0.717, 1.165) is 48.8 Å². The Kier molecular flexibility index (Phi) is 14.6. The number of primary amides is 1. The molecule has 2 unspecified atom stereocenters. The van der Waals surface area contributed by atoms with Crippen molar-refractivity contribution in [3.05, 3.63) is 34.9 Å². The Labute approximate surface area is 234 Å². The first-order valence-corrected chi connectivity index (χ1v) is 14.2. The molecule has 0 radical (unpaired) electrons. The summed E-state index contributed by atoms with van der Waals surface area (Å²) in [6.45, 7) is 14.1. The van der Waals surface area contributed by atoms with Gasteiger partial charge in [-0.1, -0.05) is 63.3 Å². The first kappa shape index (κ1) is 33.9. The molecule has 1 aromatic carbocycles. The van der Waals surface area contributed by atoms with Crippen LogP contribution in [0.3, 0.4) is 0 Å². The number of aryl methyl sites for hydroxylation is 2. The van der Waals surface area contributed by atoms with Crippen molar-refractivity contribution >= 4 is 23.8 Å². The molecule has 0 bridgehead atoms. The first-order valence-electron chi connectivity index (χ1n) is 14.2.